The van der Waals surface area contributed by atoms with Gasteiger partial charge in [0.05, 0.1) is 0 Å². The van der Waals surface area contributed by atoms with Crippen LogP contribution < -0.4 is 16.0 Å². The van der Waals surface area contributed by atoms with Gasteiger partial charge in [-0.05, 0) is 55.3 Å². The Kier molecular flexibility index (Phi) is 4.71. The SMILES string of the molecule is CC(=O)Nc1cccc(NC(=O)C2(C(=O)Nc3ccc(F)cc3)CC2)c1. The summed E-state index contributed by atoms with van der Waals surface area (Å²) in [5.41, 5.74) is 0.347. The van der Waals surface area contributed by atoms with Gasteiger partial charge in [-0.1, -0.05) is 6.07 Å². The number of halogens is 1. The second kappa shape index (κ2) is 6.95. The maximum atomic E-state index is 12.9. The average Bonchev–Trinajstić information content (AvgIpc) is 3.38. The Balaban J connectivity index is 1.68. The Bertz CT molecular complexity index is 861. The normalized spacial score (nSPS) is 14.2. The van der Waals surface area contributed by atoms with E-state index in [0.29, 0.717) is 29.9 Å². The quantitative estimate of drug-likeness (QED) is 0.720. The van der Waals surface area contributed by atoms with E-state index >= 15 is 0 Å². The predicted octanol–water partition coefficient (Wildman–Crippen LogP) is 3.14. The fraction of sp³-hybridized carbons (Fsp3) is 0.211. The Labute approximate surface area is 149 Å². The summed E-state index contributed by atoms with van der Waals surface area (Å²) >= 11 is 0. The maximum absolute atomic E-state index is 12.9. The lowest BCUT2D eigenvalue weighted by atomic mass is 10.0. The number of hydrogen-bond acceptors (Lipinski definition) is 3. The van der Waals surface area contributed by atoms with Gasteiger partial charge < -0.3 is 16.0 Å². The lowest BCUT2D eigenvalue weighted by Gasteiger charge is -2.16. The molecule has 2 aromatic carbocycles. The van der Waals surface area contributed by atoms with Gasteiger partial charge in [0.2, 0.25) is 17.7 Å². The minimum absolute atomic E-state index is 0.217. The first-order valence-electron chi connectivity index (χ1n) is 8.15. The third kappa shape index (κ3) is 3.88. The van der Waals surface area contributed by atoms with E-state index in [-0.39, 0.29) is 5.91 Å². The van der Waals surface area contributed by atoms with E-state index in [2.05, 4.69) is 16.0 Å². The molecule has 0 atom stereocenters. The summed E-state index contributed by atoms with van der Waals surface area (Å²) < 4.78 is 12.9. The molecule has 134 valence electrons. The molecule has 2 aromatic rings. The van der Waals surface area contributed by atoms with Crippen LogP contribution in [0.1, 0.15) is 19.8 Å². The van der Waals surface area contributed by atoms with E-state index < -0.39 is 23.0 Å². The summed E-state index contributed by atoms with van der Waals surface area (Å²) in [5, 5.41) is 8.01. The zero-order valence-corrected chi connectivity index (χ0v) is 14.1. The van der Waals surface area contributed by atoms with Gasteiger partial charge in [0.15, 0.2) is 0 Å². The third-order valence-electron chi connectivity index (χ3n) is 4.16. The van der Waals surface area contributed by atoms with Crippen LogP contribution in [-0.2, 0) is 14.4 Å². The second-order valence-electron chi connectivity index (χ2n) is 6.26. The van der Waals surface area contributed by atoms with Crippen LogP contribution in [0, 0.1) is 11.2 Å². The van der Waals surface area contributed by atoms with Crippen molar-refractivity contribution < 1.29 is 18.8 Å². The highest BCUT2D eigenvalue weighted by molar-refractivity contribution is 6.17. The molecule has 0 radical (unpaired) electrons. The van der Waals surface area contributed by atoms with Crippen molar-refractivity contribution in [3.8, 4) is 0 Å². The number of amides is 3. The lowest BCUT2D eigenvalue weighted by molar-refractivity contribution is -0.131. The van der Waals surface area contributed by atoms with Gasteiger partial charge in [-0.25, -0.2) is 4.39 Å². The highest BCUT2D eigenvalue weighted by Gasteiger charge is 2.56. The Morgan fingerprint density at radius 3 is 1.92 bits per heavy atom. The molecule has 3 amide bonds. The van der Waals surface area contributed by atoms with Crippen molar-refractivity contribution in [3.63, 3.8) is 0 Å². The van der Waals surface area contributed by atoms with E-state index in [1.807, 2.05) is 0 Å². The van der Waals surface area contributed by atoms with Crippen LogP contribution in [0.3, 0.4) is 0 Å². The molecule has 0 bridgehead atoms. The first-order chi connectivity index (χ1) is 12.4. The van der Waals surface area contributed by atoms with E-state index in [1.165, 1.54) is 31.2 Å². The number of carbonyl (C=O) groups is 3. The molecule has 1 saturated carbocycles. The summed E-state index contributed by atoms with van der Waals surface area (Å²) in [6, 6.07) is 12.1. The van der Waals surface area contributed by atoms with Crippen LogP contribution in [-0.4, -0.2) is 17.7 Å². The summed E-state index contributed by atoms with van der Waals surface area (Å²) in [6.07, 6.45) is 0.883. The minimum atomic E-state index is -1.13. The van der Waals surface area contributed by atoms with Gasteiger partial charge in [0.25, 0.3) is 0 Å². The number of benzene rings is 2. The predicted molar refractivity (Wildman–Crippen MR) is 96.1 cm³/mol. The highest BCUT2D eigenvalue weighted by Crippen LogP contribution is 2.47. The van der Waals surface area contributed by atoms with Crippen molar-refractivity contribution in [2.45, 2.75) is 19.8 Å². The van der Waals surface area contributed by atoms with Gasteiger partial charge in [-0.2, -0.15) is 0 Å². The fourth-order valence-electron chi connectivity index (χ4n) is 2.59. The van der Waals surface area contributed by atoms with Crippen LogP contribution >= 0.6 is 0 Å². The van der Waals surface area contributed by atoms with E-state index in [9.17, 15) is 18.8 Å². The molecular weight excluding hydrogens is 337 g/mol. The molecule has 0 unspecified atom stereocenters. The smallest absolute Gasteiger partial charge is 0.240 e. The molecule has 3 N–H and O–H groups in total. The maximum Gasteiger partial charge on any atom is 0.240 e. The van der Waals surface area contributed by atoms with Gasteiger partial charge in [0, 0.05) is 24.0 Å². The van der Waals surface area contributed by atoms with Gasteiger partial charge in [0.1, 0.15) is 11.2 Å². The minimum Gasteiger partial charge on any atom is -0.326 e. The molecule has 0 saturated heterocycles. The zero-order chi connectivity index (χ0) is 18.7. The van der Waals surface area contributed by atoms with E-state index in [4.69, 9.17) is 0 Å². The summed E-state index contributed by atoms with van der Waals surface area (Å²) in [5.74, 6) is -1.44. The number of rotatable bonds is 5. The van der Waals surface area contributed by atoms with Crippen LogP contribution in [0.25, 0.3) is 0 Å². The number of carbonyl (C=O) groups excluding carboxylic acids is 3. The summed E-state index contributed by atoms with van der Waals surface area (Å²) in [7, 11) is 0. The molecule has 26 heavy (non-hydrogen) atoms. The van der Waals surface area contributed by atoms with Crippen molar-refractivity contribution in [1.29, 1.82) is 0 Å². The standard InChI is InChI=1S/C19H18FN3O3/c1-12(24)21-15-3-2-4-16(11-15)23-18(26)19(9-10-19)17(25)22-14-7-5-13(20)6-8-14/h2-8,11H,9-10H2,1H3,(H,21,24)(H,22,25)(H,23,26). The molecular formula is C19H18FN3O3. The summed E-state index contributed by atoms with van der Waals surface area (Å²) in [4.78, 5) is 36.2. The molecule has 0 heterocycles. The molecule has 1 aliphatic carbocycles. The van der Waals surface area contributed by atoms with Crippen molar-refractivity contribution in [2.24, 2.45) is 5.41 Å². The molecule has 7 heteroatoms. The Hall–Kier alpha value is -3.22. The number of nitrogens with one attached hydrogen (secondary N) is 3. The van der Waals surface area contributed by atoms with Gasteiger partial charge in [-0.3, -0.25) is 14.4 Å². The molecule has 0 spiro atoms. The van der Waals surface area contributed by atoms with Crippen molar-refractivity contribution in [2.75, 3.05) is 16.0 Å². The first-order valence-corrected chi connectivity index (χ1v) is 8.15. The number of anilines is 3. The third-order valence-corrected chi connectivity index (χ3v) is 4.16. The zero-order valence-electron chi connectivity index (χ0n) is 14.1. The van der Waals surface area contributed by atoms with E-state index in [0.717, 1.165) is 0 Å². The second-order valence-corrected chi connectivity index (χ2v) is 6.26. The highest BCUT2D eigenvalue weighted by atomic mass is 19.1. The van der Waals surface area contributed by atoms with Crippen molar-refractivity contribution >= 4 is 34.8 Å². The van der Waals surface area contributed by atoms with Crippen LogP contribution in [0.5, 0.6) is 0 Å². The first kappa shape index (κ1) is 17.6. The fourth-order valence-corrected chi connectivity index (χ4v) is 2.59. The van der Waals surface area contributed by atoms with Crippen molar-refractivity contribution in [1.82, 2.24) is 0 Å². The van der Waals surface area contributed by atoms with Crippen molar-refractivity contribution in [3.05, 3.63) is 54.3 Å². The number of hydrogen-bond donors (Lipinski definition) is 3. The molecule has 0 aliphatic heterocycles. The summed E-state index contributed by atoms with van der Waals surface area (Å²) in [6.45, 7) is 1.39. The monoisotopic (exact) mass is 355 g/mol. The molecule has 0 aromatic heterocycles. The Morgan fingerprint density at radius 2 is 1.38 bits per heavy atom. The van der Waals surface area contributed by atoms with Crippen LogP contribution in [0.15, 0.2) is 48.5 Å². The molecule has 3 rings (SSSR count). The largest absolute Gasteiger partial charge is 0.326 e. The Morgan fingerprint density at radius 1 is 0.846 bits per heavy atom. The van der Waals surface area contributed by atoms with Gasteiger partial charge >= 0.3 is 0 Å². The lowest BCUT2D eigenvalue weighted by Crippen LogP contribution is -2.35. The van der Waals surface area contributed by atoms with Crippen LogP contribution in [0.2, 0.25) is 0 Å². The average molecular weight is 355 g/mol. The topological polar surface area (TPSA) is 87.3 Å². The molecule has 1 aliphatic rings. The van der Waals surface area contributed by atoms with E-state index in [1.54, 1.807) is 24.3 Å². The molecule has 6 nitrogen and oxygen atoms in total. The van der Waals surface area contributed by atoms with Crippen LogP contribution in [0.4, 0.5) is 21.5 Å². The molecule has 1 fully saturated rings. The van der Waals surface area contributed by atoms with Gasteiger partial charge in [-0.15, -0.1) is 0 Å².